The van der Waals surface area contributed by atoms with Crippen molar-refractivity contribution in [3.8, 4) is 0 Å². The average Bonchev–Trinajstić information content (AvgIpc) is 2.58. The van der Waals surface area contributed by atoms with E-state index in [0.717, 1.165) is 19.3 Å². The predicted octanol–water partition coefficient (Wildman–Crippen LogP) is 5.91. The molecule has 0 rings (SSSR count). The van der Waals surface area contributed by atoms with Crippen LogP contribution in [-0.4, -0.2) is 23.2 Å². The van der Waals surface area contributed by atoms with E-state index in [2.05, 4.69) is 25.2 Å². The Morgan fingerprint density at radius 3 is 1.88 bits per heavy atom. The molecule has 0 aromatic carbocycles. The number of hydrogen-bond donors (Lipinski definition) is 2. The van der Waals surface area contributed by atoms with Crippen molar-refractivity contribution in [2.24, 2.45) is 0 Å². The first kappa shape index (κ1) is 24.2. The Hall–Kier alpha value is -0.830. The van der Waals surface area contributed by atoms with Gasteiger partial charge in [-0.2, -0.15) is 0 Å². The third-order valence-corrected chi connectivity index (χ3v) is 4.71. The van der Waals surface area contributed by atoms with Gasteiger partial charge in [0, 0.05) is 6.92 Å². The quantitative estimate of drug-likeness (QED) is 0.252. The molecule has 3 heteroatoms. The van der Waals surface area contributed by atoms with Crippen LogP contribution >= 0.6 is 0 Å². The van der Waals surface area contributed by atoms with Crippen LogP contribution in [0.25, 0.3) is 0 Å². The van der Waals surface area contributed by atoms with Gasteiger partial charge in [-0.15, -0.1) is 0 Å². The zero-order chi connectivity index (χ0) is 18.8. The third-order valence-electron chi connectivity index (χ3n) is 4.71. The second-order valence-corrected chi connectivity index (χ2v) is 7.34. The summed E-state index contributed by atoms with van der Waals surface area (Å²) in [5.74, 6) is -0.0729. The van der Waals surface area contributed by atoms with Crippen LogP contribution in [0.1, 0.15) is 111 Å². The van der Waals surface area contributed by atoms with Gasteiger partial charge in [-0.1, -0.05) is 96.6 Å². The molecule has 0 aliphatic rings. The molecule has 0 aliphatic heterocycles. The molecule has 0 saturated heterocycles. The van der Waals surface area contributed by atoms with Gasteiger partial charge in [-0.05, 0) is 19.3 Å². The molecule has 0 aliphatic carbocycles. The number of nitrogens with one attached hydrogen (secondary N) is 1. The van der Waals surface area contributed by atoms with E-state index >= 15 is 0 Å². The van der Waals surface area contributed by atoms with Gasteiger partial charge in [0.25, 0.3) is 0 Å². The van der Waals surface area contributed by atoms with Crippen LogP contribution in [-0.2, 0) is 4.79 Å². The van der Waals surface area contributed by atoms with Crippen LogP contribution in [0.3, 0.4) is 0 Å². The fraction of sp³-hybridized carbons (Fsp3) is 0.864. The fourth-order valence-electron chi connectivity index (χ4n) is 3.20. The lowest BCUT2D eigenvalue weighted by molar-refractivity contribution is -0.120. The number of carbonyl (C=O) groups excluding carboxylic acids is 1. The summed E-state index contributed by atoms with van der Waals surface area (Å²) in [6.45, 7) is 5.84. The molecular formula is C22H43NO2. The van der Waals surface area contributed by atoms with Crippen molar-refractivity contribution in [3.05, 3.63) is 12.2 Å². The molecule has 0 radical (unpaired) electrons. The molecule has 2 atom stereocenters. The molecule has 0 bridgehead atoms. The van der Waals surface area contributed by atoms with Crippen molar-refractivity contribution in [1.29, 1.82) is 0 Å². The van der Waals surface area contributed by atoms with E-state index in [1.165, 1.54) is 77.6 Å². The minimum absolute atomic E-state index is 0.0729. The maximum Gasteiger partial charge on any atom is 0.217 e. The molecule has 2 N–H and O–H groups in total. The summed E-state index contributed by atoms with van der Waals surface area (Å²) in [6.07, 6.45) is 21.0. The van der Waals surface area contributed by atoms with Crippen molar-refractivity contribution in [2.75, 3.05) is 0 Å². The minimum atomic E-state index is -0.573. The Balaban J connectivity index is 3.56. The molecule has 0 heterocycles. The zero-order valence-corrected chi connectivity index (χ0v) is 17.1. The Morgan fingerprint density at radius 1 is 0.880 bits per heavy atom. The van der Waals surface area contributed by atoms with E-state index in [1.54, 1.807) is 0 Å². The number of amides is 1. The van der Waals surface area contributed by atoms with Gasteiger partial charge >= 0.3 is 0 Å². The van der Waals surface area contributed by atoms with E-state index < -0.39 is 6.10 Å². The molecule has 148 valence electrons. The van der Waals surface area contributed by atoms with Crippen molar-refractivity contribution in [3.63, 3.8) is 0 Å². The second-order valence-electron chi connectivity index (χ2n) is 7.34. The highest BCUT2D eigenvalue weighted by molar-refractivity contribution is 5.73. The number of rotatable bonds is 17. The monoisotopic (exact) mass is 353 g/mol. The number of allylic oxidation sites excluding steroid dienone is 1. The van der Waals surface area contributed by atoms with Crippen molar-refractivity contribution < 1.29 is 9.90 Å². The SMILES string of the molecule is CCCCCCCCCCCCC/C=C/[C@@H](O)[C@H](CCC)NC(C)=O. The first-order chi connectivity index (χ1) is 12.1. The molecule has 0 fully saturated rings. The molecule has 3 nitrogen and oxygen atoms in total. The summed E-state index contributed by atoms with van der Waals surface area (Å²) in [6, 6.07) is -0.156. The highest BCUT2D eigenvalue weighted by Crippen LogP contribution is 2.12. The first-order valence-corrected chi connectivity index (χ1v) is 10.7. The summed E-state index contributed by atoms with van der Waals surface area (Å²) in [7, 11) is 0. The van der Waals surface area contributed by atoms with Crippen LogP contribution in [0.4, 0.5) is 0 Å². The number of unbranched alkanes of at least 4 members (excludes halogenated alkanes) is 11. The number of hydrogen-bond acceptors (Lipinski definition) is 2. The molecule has 0 saturated carbocycles. The van der Waals surface area contributed by atoms with Gasteiger partial charge in [0.15, 0.2) is 0 Å². The maximum atomic E-state index is 11.2. The molecule has 25 heavy (non-hydrogen) atoms. The van der Waals surface area contributed by atoms with Gasteiger partial charge in [0.2, 0.25) is 5.91 Å². The Bertz CT molecular complexity index is 328. The summed E-state index contributed by atoms with van der Waals surface area (Å²) >= 11 is 0. The first-order valence-electron chi connectivity index (χ1n) is 10.7. The summed E-state index contributed by atoms with van der Waals surface area (Å²) in [4.78, 5) is 11.2. The molecular weight excluding hydrogens is 310 g/mol. The highest BCUT2D eigenvalue weighted by atomic mass is 16.3. The van der Waals surface area contributed by atoms with Gasteiger partial charge in [-0.3, -0.25) is 4.79 Å². The fourth-order valence-corrected chi connectivity index (χ4v) is 3.20. The summed E-state index contributed by atoms with van der Waals surface area (Å²) in [5.41, 5.74) is 0. The van der Waals surface area contributed by atoms with Crippen LogP contribution in [0.5, 0.6) is 0 Å². The predicted molar refractivity (Wildman–Crippen MR) is 109 cm³/mol. The lowest BCUT2D eigenvalue weighted by Crippen LogP contribution is -2.41. The maximum absolute atomic E-state index is 11.2. The van der Waals surface area contributed by atoms with Crippen molar-refractivity contribution in [2.45, 2.75) is 123 Å². The van der Waals surface area contributed by atoms with Crippen LogP contribution < -0.4 is 5.32 Å². The molecule has 0 aromatic heterocycles. The van der Waals surface area contributed by atoms with Gasteiger partial charge in [0.05, 0.1) is 12.1 Å². The van der Waals surface area contributed by atoms with Gasteiger partial charge < -0.3 is 10.4 Å². The average molecular weight is 354 g/mol. The van der Waals surface area contributed by atoms with Gasteiger partial charge in [0.1, 0.15) is 0 Å². The van der Waals surface area contributed by atoms with E-state index in [1.807, 2.05) is 6.08 Å². The van der Waals surface area contributed by atoms with Crippen molar-refractivity contribution >= 4 is 5.91 Å². The normalized spacial score (nSPS) is 13.9. The Labute approximate surface area is 156 Å². The Kier molecular flexibility index (Phi) is 17.4. The standard InChI is InChI=1S/C22H43NO2/c1-4-6-7-8-9-10-11-12-13-14-15-16-17-19-22(25)21(18-5-2)23-20(3)24/h17,19,21-22,25H,4-16,18H2,1-3H3,(H,23,24)/b19-17+/t21-,22+/m0/s1. The highest BCUT2D eigenvalue weighted by Gasteiger charge is 2.16. The summed E-state index contributed by atoms with van der Waals surface area (Å²) < 4.78 is 0. The smallest absolute Gasteiger partial charge is 0.217 e. The molecule has 1 amide bonds. The van der Waals surface area contributed by atoms with Crippen LogP contribution in [0.15, 0.2) is 12.2 Å². The van der Waals surface area contributed by atoms with Crippen LogP contribution in [0, 0.1) is 0 Å². The van der Waals surface area contributed by atoms with E-state index in [9.17, 15) is 9.90 Å². The second kappa shape index (κ2) is 18.0. The number of aliphatic hydroxyl groups excluding tert-OH is 1. The van der Waals surface area contributed by atoms with E-state index in [-0.39, 0.29) is 11.9 Å². The molecule has 0 spiro atoms. The third kappa shape index (κ3) is 16.4. The van der Waals surface area contributed by atoms with Crippen LogP contribution in [0.2, 0.25) is 0 Å². The zero-order valence-electron chi connectivity index (χ0n) is 17.1. The van der Waals surface area contributed by atoms with E-state index in [0.29, 0.717) is 0 Å². The Morgan fingerprint density at radius 2 is 1.40 bits per heavy atom. The molecule has 0 unspecified atom stereocenters. The number of aliphatic hydroxyl groups is 1. The minimum Gasteiger partial charge on any atom is -0.387 e. The largest absolute Gasteiger partial charge is 0.387 e. The van der Waals surface area contributed by atoms with Crippen molar-refractivity contribution in [1.82, 2.24) is 5.32 Å². The topological polar surface area (TPSA) is 49.3 Å². The number of carbonyl (C=O) groups is 1. The summed E-state index contributed by atoms with van der Waals surface area (Å²) in [5, 5.41) is 13.0. The van der Waals surface area contributed by atoms with Gasteiger partial charge in [-0.25, -0.2) is 0 Å². The lowest BCUT2D eigenvalue weighted by Gasteiger charge is -2.20. The van der Waals surface area contributed by atoms with E-state index in [4.69, 9.17) is 0 Å². The lowest BCUT2D eigenvalue weighted by atomic mass is 10.0. The molecule has 0 aromatic rings.